The number of hydrogen-bond donors (Lipinski definition) is 1. The number of ketones is 1. The zero-order chi connectivity index (χ0) is 24.1. The van der Waals surface area contributed by atoms with Crippen molar-refractivity contribution in [1.82, 2.24) is 0 Å². The van der Waals surface area contributed by atoms with E-state index in [0.29, 0.717) is 17.5 Å². The number of hydrogen-bond acceptors (Lipinski definition) is 12. The number of thiol groups is 1. The molecule has 1 aromatic heterocycles. The van der Waals surface area contributed by atoms with Crippen molar-refractivity contribution in [3.05, 3.63) is 46.2 Å². The largest absolute Gasteiger partial charge is 0.519 e. The molecule has 0 saturated heterocycles. The summed E-state index contributed by atoms with van der Waals surface area (Å²) in [5.41, 5.74) is 0. The summed E-state index contributed by atoms with van der Waals surface area (Å²) < 4.78 is 29.1. The van der Waals surface area contributed by atoms with Crippen LogP contribution in [0.15, 0.2) is 37.7 Å². The number of rotatable bonds is 10. The van der Waals surface area contributed by atoms with E-state index in [1.54, 1.807) is 20.8 Å². The van der Waals surface area contributed by atoms with Crippen LogP contribution in [0.5, 0.6) is 0 Å². The van der Waals surface area contributed by atoms with Gasteiger partial charge in [0.05, 0.1) is 10.7 Å². The van der Waals surface area contributed by atoms with Gasteiger partial charge in [0.25, 0.3) is 5.95 Å². The predicted molar refractivity (Wildman–Crippen MR) is 116 cm³/mol. The summed E-state index contributed by atoms with van der Waals surface area (Å²) in [6, 6.07) is 0. The Kier molecular flexibility index (Phi) is 8.67. The molecule has 1 atom stereocenters. The summed E-state index contributed by atoms with van der Waals surface area (Å²) in [5, 5.41) is -0.731. The fourth-order valence-corrected chi connectivity index (χ4v) is 3.19. The molecule has 0 aromatic carbocycles. The minimum Gasteiger partial charge on any atom is -0.457 e. The Bertz CT molecular complexity index is 979. The smallest absolute Gasteiger partial charge is 0.457 e. The highest BCUT2D eigenvalue weighted by molar-refractivity contribution is 8.13. The molecule has 1 aromatic rings. The van der Waals surface area contributed by atoms with Crippen LogP contribution in [0.25, 0.3) is 0 Å². The van der Waals surface area contributed by atoms with E-state index in [1.807, 2.05) is 0 Å². The lowest BCUT2D eigenvalue weighted by Gasteiger charge is -2.20. The molecule has 0 spiro atoms. The van der Waals surface area contributed by atoms with Crippen molar-refractivity contribution >= 4 is 41.4 Å². The zero-order valence-electron chi connectivity index (χ0n) is 18.1. The molecule has 1 aliphatic rings. The number of allylic oxidation sites excluding steroid dienone is 1. The van der Waals surface area contributed by atoms with Crippen molar-refractivity contribution in [2.75, 3.05) is 12.4 Å². The van der Waals surface area contributed by atoms with Crippen LogP contribution in [-0.4, -0.2) is 34.2 Å². The van der Waals surface area contributed by atoms with Crippen LogP contribution in [0.3, 0.4) is 0 Å². The number of carbonyl (C=O) groups excluding carboxylic acids is 3. The maximum atomic E-state index is 12.6. The molecule has 176 valence electrons. The number of thioether (sulfide) groups is 1. The summed E-state index contributed by atoms with van der Waals surface area (Å²) >= 11 is 4.92. The second-order valence-electron chi connectivity index (χ2n) is 7.33. The van der Waals surface area contributed by atoms with Gasteiger partial charge in [0.1, 0.15) is 11.5 Å². The van der Waals surface area contributed by atoms with Crippen LogP contribution >= 0.6 is 24.4 Å². The van der Waals surface area contributed by atoms with Crippen molar-refractivity contribution < 1.29 is 42.2 Å². The van der Waals surface area contributed by atoms with E-state index >= 15 is 0 Å². The van der Waals surface area contributed by atoms with Gasteiger partial charge in [0, 0.05) is 12.2 Å². The highest BCUT2D eigenvalue weighted by Crippen LogP contribution is 2.26. The second kappa shape index (κ2) is 10.8. The lowest BCUT2D eigenvalue weighted by atomic mass is 9.97. The predicted octanol–water partition coefficient (Wildman–Crippen LogP) is 3.49. The SMILES string of the molecule is C=C1OC(C)=C(COC(=O)[C@H](CSC(=O)OCc2oc(=O)oc2C)CC(=O)C(C)(C)S)O1. The molecule has 12 heteroatoms. The van der Waals surface area contributed by atoms with Gasteiger partial charge in [-0.3, -0.25) is 9.59 Å². The van der Waals surface area contributed by atoms with Gasteiger partial charge in [0.2, 0.25) is 0 Å². The maximum absolute atomic E-state index is 12.6. The third-order valence-electron chi connectivity index (χ3n) is 4.25. The van der Waals surface area contributed by atoms with E-state index in [9.17, 15) is 19.2 Å². The number of Topliss-reactive ketones (excluding diaryl/α,β-unsaturated/α-hetero) is 1. The van der Waals surface area contributed by atoms with Crippen LogP contribution in [0.2, 0.25) is 0 Å². The van der Waals surface area contributed by atoms with Crippen molar-refractivity contribution in [2.24, 2.45) is 5.92 Å². The first kappa shape index (κ1) is 25.7. The molecule has 0 saturated carbocycles. The molecule has 1 aliphatic heterocycles. The number of esters is 1. The van der Waals surface area contributed by atoms with E-state index in [0.717, 1.165) is 0 Å². The lowest BCUT2D eigenvalue weighted by Crippen LogP contribution is -2.32. The molecule has 0 N–H and O–H groups in total. The fraction of sp³-hybridized carbons (Fsp3) is 0.500. The van der Waals surface area contributed by atoms with Gasteiger partial charge < -0.3 is 27.8 Å². The standard InChI is InChI=1S/C20H24O10S2/c1-10-14(29-12(3)27-10)7-25-17(22)13(6-16(21)20(4,5)31)9-32-19(24)26-8-15-11(2)28-18(23)30-15/h13,31H,3,6-9H2,1-2,4-5H3/t13-/m0/s1. The topological polar surface area (TPSA) is 131 Å². The van der Waals surface area contributed by atoms with E-state index in [-0.39, 0.29) is 54.4 Å². The highest BCUT2D eigenvalue weighted by atomic mass is 32.2. The maximum Gasteiger partial charge on any atom is 0.519 e. The molecule has 2 rings (SSSR count). The summed E-state index contributed by atoms with van der Waals surface area (Å²) in [4.78, 5) is 48.1. The third-order valence-corrected chi connectivity index (χ3v) is 5.42. The average molecular weight is 489 g/mol. The fourth-order valence-electron chi connectivity index (χ4n) is 2.37. The summed E-state index contributed by atoms with van der Waals surface area (Å²) in [7, 11) is 0. The Morgan fingerprint density at radius 3 is 2.34 bits per heavy atom. The van der Waals surface area contributed by atoms with Gasteiger partial charge in [-0.2, -0.15) is 12.6 Å². The van der Waals surface area contributed by atoms with Crippen LogP contribution in [-0.2, 0) is 35.1 Å². The van der Waals surface area contributed by atoms with Gasteiger partial charge in [-0.05, 0) is 46.0 Å². The van der Waals surface area contributed by atoms with Crippen LogP contribution in [0, 0.1) is 12.8 Å². The Morgan fingerprint density at radius 1 is 1.12 bits per heavy atom. The summed E-state index contributed by atoms with van der Waals surface area (Å²) in [5.74, 6) is -1.88. The minimum absolute atomic E-state index is 0.0686. The molecule has 0 bridgehead atoms. The van der Waals surface area contributed by atoms with Gasteiger partial charge in [0.15, 0.2) is 30.5 Å². The second-order valence-corrected chi connectivity index (χ2v) is 9.40. The molecular formula is C20H24O10S2. The quantitative estimate of drug-likeness (QED) is 0.383. The third kappa shape index (κ3) is 7.52. The van der Waals surface area contributed by atoms with Gasteiger partial charge >= 0.3 is 17.1 Å². The minimum atomic E-state index is -0.973. The molecule has 0 amide bonds. The van der Waals surface area contributed by atoms with Crippen molar-refractivity contribution in [1.29, 1.82) is 0 Å². The molecule has 0 unspecified atom stereocenters. The molecule has 10 nitrogen and oxygen atoms in total. The van der Waals surface area contributed by atoms with E-state index in [4.69, 9.17) is 23.4 Å². The molecule has 2 heterocycles. The first-order valence-corrected chi connectivity index (χ1v) is 10.9. The van der Waals surface area contributed by atoms with Crippen molar-refractivity contribution in [3.63, 3.8) is 0 Å². The number of ether oxygens (including phenoxy) is 4. The molecular weight excluding hydrogens is 464 g/mol. The first-order chi connectivity index (χ1) is 14.9. The van der Waals surface area contributed by atoms with Crippen LogP contribution in [0.4, 0.5) is 4.79 Å². The first-order valence-electron chi connectivity index (χ1n) is 9.42. The number of carbonyl (C=O) groups is 3. The molecule has 32 heavy (non-hydrogen) atoms. The van der Waals surface area contributed by atoms with Crippen LogP contribution < -0.4 is 5.82 Å². The van der Waals surface area contributed by atoms with E-state index in [2.05, 4.69) is 23.6 Å². The molecule has 0 radical (unpaired) electrons. The average Bonchev–Trinajstić information content (AvgIpc) is 3.19. The number of aryl methyl sites for hydroxylation is 1. The molecule has 0 aliphatic carbocycles. The zero-order valence-corrected chi connectivity index (χ0v) is 19.8. The normalized spacial score (nSPS) is 14.6. The van der Waals surface area contributed by atoms with Gasteiger partial charge in [-0.1, -0.05) is 0 Å². The monoisotopic (exact) mass is 488 g/mol. The van der Waals surface area contributed by atoms with Gasteiger partial charge in [-0.25, -0.2) is 9.59 Å². The summed E-state index contributed by atoms with van der Waals surface area (Å²) in [6.07, 6.45) is -0.187. The molecule has 0 fully saturated rings. The summed E-state index contributed by atoms with van der Waals surface area (Å²) in [6.45, 7) is 9.31. The van der Waals surface area contributed by atoms with Crippen molar-refractivity contribution in [2.45, 2.75) is 45.5 Å². The Morgan fingerprint density at radius 2 is 1.81 bits per heavy atom. The van der Waals surface area contributed by atoms with Gasteiger partial charge in [-0.15, -0.1) is 0 Å². The van der Waals surface area contributed by atoms with Crippen LogP contribution in [0.1, 0.15) is 38.7 Å². The lowest BCUT2D eigenvalue weighted by molar-refractivity contribution is -0.149. The Hall–Kier alpha value is -2.60. The van der Waals surface area contributed by atoms with E-state index < -0.39 is 27.8 Å². The van der Waals surface area contributed by atoms with Crippen molar-refractivity contribution in [3.8, 4) is 0 Å². The van der Waals surface area contributed by atoms with E-state index in [1.165, 1.54) is 6.92 Å². The Balaban J connectivity index is 1.95. The Labute approximate surface area is 193 Å². The highest BCUT2D eigenvalue weighted by Gasteiger charge is 2.31.